The number of halogens is 2. The highest BCUT2D eigenvalue weighted by Crippen LogP contribution is 2.19. The van der Waals surface area contributed by atoms with E-state index in [4.69, 9.17) is 11.6 Å². The van der Waals surface area contributed by atoms with Gasteiger partial charge in [0.2, 0.25) is 0 Å². The standard InChI is InChI=1S/C14H22ClFN2/c1-4-11(2)18(3)9-8-17-10-12-6-5-7-13(16)14(12)15/h5-7,11,17H,4,8-10H2,1-3H3. The van der Waals surface area contributed by atoms with Crippen LogP contribution in [0, 0.1) is 5.82 Å². The van der Waals surface area contributed by atoms with Crippen molar-refractivity contribution in [2.45, 2.75) is 32.9 Å². The Hall–Kier alpha value is -0.640. The molecule has 0 aliphatic carbocycles. The van der Waals surface area contributed by atoms with Crippen molar-refractivity contribution in [3.05, 3.63) is 34.6 Å². The Balaban J connectivity index is 2.32. The molecular formula is C14H22ClFN2. The largest absolute Gasteiger partial charge is 0.311 e. The third kappa shape index (κ3) is 4.56. The third-order valence-corrected chi connectivity index (χ3v) is 3.75. The lowest BCUT2D eigenvalue weighted by Gasteiger charge is -2.23. The van der Waals surface area contributed by atoms with Gasteiger partial charge in [0.1, 0.15) is 5.82 Å². The Labute approximate surface area is 114 Å². The van der Waals surface area contributed by atoms with Crippen LogP contribution in [0.3, 0.4) is 0 Å². The maximum absolute atomic E-state index is 13.2. The molecule has 0 fully saturated rings. The molecule has 1 N–H and O–H groups in total. The Morgan fingerprint density at radius 2 is 2.17 bits per heavy atom. The lowest BCUT2D eigenvalue weighted by Crippen LogP contribution is -2.34. The molecule has 4 heteroatoms. The predicted molar refractivity (Wildman–Crippen MR) is 75.5 cm³/mol. The minimum Gasteiger partial charge on any atom is -0.311 e. The van der Waals surface area contributed by atoms with Crippen molar-refractivity contribution >= 4 is 11.6 Å². The monoisotopic (exact) mass is 272 g/mol. The molecule has 0 heterocycles. The summed E-state index contributed by atoms with van der Waals surface area (Å²) in [5.74, 6) is -0.354. The van der Waals surface area contributed by atoms with Gasteiger partial charge in [0, 0.05) is 25.7 Å². The van der Waals surface area contributed by atoms with Crippen LogP contribution < -0.4 is 5.32 Å². The average molecular weight is 273 g/mol. The highest BCUT2D eigenvalue weighted by Gasteiger charge is 2.07. The Morgan fingerprint density at radius 1 is 1.44 bits per heavy atom. The fourth-order valence-corrected chi connectivity index (χ4v) is 1.89. The van der Waals surface area contributed by atoms with Gasteiger partial charge >= 0.3 is 0 Å². The van der Waals surface area contributed by atoms with E-state index < -0.39 is 0 Å². The molecule has 0 saturated heterocycles. The van der Waals surface area contributed by atoms with E-state index >= 15 is 0 Å². The number of benzene rings is 1. The topological polar surface area (TPSA) is 15.3 Å². The van der Waals surface area contributed by atoms with Crippen molar-refractivity contribution in [1.82, 2.24) is 10.2 Å². The number of hydrogen-bond donors (Lipinski definition) is 1. The summed E-state index contributed by atoms with van der Waals surface area (Å²) in [5.41, 5.74) is 0.808. The lowest BCUT2D eigenvalue weighted by atomic mass is 10.2. The second-order valence-electron chi connectivity index (χ2n) is 4.63. The minimum atomic E-state index is -0.354. The van der Waals surface area contributed by atoms with Gasteiger partial charge in [-0.25, -0.2) is 4.39 Å². The van der Waals surface area contributed by atoms with Crippen LogP contribution in [0.15, 0.2) is 18.2 Å². The zero-order valence-corrected chi connectivity index (χ0v) is 12.1. The summed E-state index contributed by atoms with van der Waals surface area (Å²) in [6, 6.07) is 5.49. The van der Waals surface area contributed by atoms with E-state index in [1.165, 1.54) is 6.07 Å². The van der Waals surface area contributed by atoms with Gasteiger partial charge in [0.25, 0.3) is 0 Å². The first-order chi connectivity index (χ1) is 8.56. The summed E-state index contributed by atoms with van der Waals surface area (Å²) in [5, 5.41) is 3.51. The van der Waals surface area contributed by atoms with Gasteiger partial charge in [-0.05, 0) is 32.0 Å². The summed E-state index contributed by atoms with van der Waals surface area (Å²) < 4.78 is 13.2. The van der Waals surface area contributed by atoms with Gasteiger partial charge in [0.15, 0.2) is 0 Å². The first-order valence-corrected chi connectivity index (χ1v) is 6.77. The summed E-state index contributed by atoms with van der Waals surface area (Å²) in [7, 11) is 2.12. The van der Waals surface area contributed by atoms with Crippen molar-refractivity contribution in [3.63, 3.8) is 0 Å². The molecule has 102 valence electrons. The smallest absolute Gasteiger partial charge is 0.142 e. The van der Waals surface area contributed by atoms with E-state index in [0.717, 1.165) is 25.1 Å². The number of nitrogens with one attached hydrogen (secondary N) is 1. The van der Waals surface area contributed by atoms with Gasteiger partial charge < -0.3 is 10.2 Å². The molecule has 18 heavy (non-hydrogen) atoms. The third-order valence-electron chi connectivity index (χ3n) is 3.33. The van der Waals surface area contributed by atoms with Crippen molar-refractivity contribution < 1.29 is 4.39 Å². The molecule has 2 nitrogen and oxygen atoms in total. The quantitative estimate of drug-likeness (QED) is 0.766. The van der Waals surface area contributed by atoms with Crippen LogP contribution in [-0.2, 0) is 6.54 Å². The van der Waals surface area contributed by atoms with Gasteiger partial charge in [-0.3, -0.25) is 0 Å². The molecule has 0 spiro atoms. The fraction of sp³-hybridized carbons (Fsp3) is 0.571. The first kappa shape index (κ1) is 15.4. The van der Waals surface area contributed by atoms with E-state index in [-0.39, 0.29) is 10.8 Å². The predicted octanol–water partition coefficient (Wildman–Crippen LogP) is 3.30. The van der Waals surface area contributed by atoms with Crippen LogP contribution in [0.1, 0.15) is 25.8 Å². The van der Waals surface area contributed by atoms with Gasteiger partial charge in [-0.2, -0.15) is 0 Å². The summed E-state index contributed by atoms with van der Waals surface area (Å²) >= 11 is 5.88. The van der Waals surface area contributed by atoms with Crippen molar-refractivity contribution in [1.29, 1.82) is 0 Å². The Bertz CT molecular complexity index is 371. The second kappa shape index (κ2) is 7.72. The van der Waals surface area contributed by atoms with Crippen LogP contribution in [0.5, 0.6) is 0 Å². The van der Waals surface area contributed by atoms with Crippen LogP contribution in [0.2, 0.25) is 5.02 Å². The highest BCUT2D eigenvalue weighted by atomic mass is 35.5. The van der Waals surface area contributed by atoms with E-state index in [1.54, 1.807) is 6.07 Å². The van der Waals surface area contributed by atoms with Gasteiger partial charge in [-0.1, -0.05) is 30.7 Å². The lowest BCUT2D eigenvalue weighted by molar-refractivity contribution is 0.251. The summed E-state index contributed by atoms with van der Waals surface area (Å²) in [6.07, 6.45) is 1.15. The van der Waals surface area contributed by atoms with Crippen molar-refractivity contribution in [2.75, 3.05) is 20.1 Å². The molecule has 1 aromatic rings. The number of nitrogens with zero attached hydrogens (tertiary/aromatic N) is 1. The molecule has 0 radical (unpaired) electrons. The van der Waals surface area contributed by atoms with Crippen molar-refractivity contribution in [2.24, 2.45) is 0 Å². The maximum Gasteiger partial charge on any atom is 0.142 e. The normalized spacial score (nSPS) is 13.0. The maximum atomic E-state index is 13.2. The molecule has 1 atom stereocenters. The first-order valence-electron chi connectivity index (χ1n) is 6.40. The molecule has 0 aliphatic rings. The Kier molecular flexibility index (Phi) is 6.61. The SMILES string of the molecule is CCC(C)N(C)CCNCc1cccc(F)c1Cl. The molecule has 0 bridgehead atoms. The molecule has 0 aromatic heterocycles. The van der Waals surface area contributed by atoms with Gasteiger partial charge in [0.05, 0.1) is 5.02 Å². The highest BCUT2D eigenvalue weighted by molar-refractivity contribution is 6.31. The zero-order chi connectivity index (χ0) is 13.5. The Morgan fingerprint density at radius 3 is 2.83 bits per heavy atom. The van der Waals surface area contributed by atoms with Crippen LogP contribution in [0.25, 0.3) is 0 Å². The van der Waals surface area contributed by atoms with Gasteiger partial charge in [-0.15, -0.1) is 0 Å². The molecule has 1 aromatic carbocycles. The zero-order valence-electron chi connectivity index (χ0n) is 11.3. The van der Waals surface area contributed by atoms with E-state index in [2.05, 4.69) is 31.1 Å². The van der Waals surface area contributed by atoms with E-state index in [9.17, 15) is 4.39 Å². The molecular weight excluding hydrogens is 251 g/mol. The molecule has 0 saturated carbocycles. The van der Waals surface area contributed by atoms with E-state index in [0.29, 0.717) is 12.6 Å². The second-order valence-corrected chi connectivity index (χ2v) is 5.01. The fourth-order valence-electron chi connectivity index (χ4n) is 1.70. The summed E-state index contributed by atoms with van der Waals surface area (Å²) in [4.78, 5) is 2.31. The molecule has 0 aliphatic heterocycles. The van der Waals surface area contributed by atoms with Crippen molar-refractivity contribution in [3.8, 4) is 0 Å². The van der Waals surface area contributed by atoms with Crippen LogP contribution in [0.4, 0.5) is 4.39 Å². The molecule has 1 unspecified atom stereocenters. The number of likely N-dealkylation sites (N-methyl/N-ethyl adjacent to an activating group) is 1. The number of rotatable bonds is 7. The molecule has 1 rings (SSSR count). The van der Waals surface area contributed by atoms with Crippen LogP contribution in [-0.4, -0.2) is 31.1 Å². The van der Waals surface area contributed by atoms with Crippen LogP contribution >= 0.6 is 11.6 Å². The molecule has 0 amide bonds. The minimum absolute atomic E-state index is 0.222. The summed E-state index contributed by atoms with van der Waals surface area (Å²) in [6.45, 7) is 6.84. The average Bonchev–Trinajstić information content (AvgIpc) is 2.38. The van der Waals surface area contributed by atoms with E-state index in [1.807, 2.05) is 6.07 Å². The number of hydrogen-bond acceptors (Lipinski definition) is 2.